The molecule has 1 amide bonds. The van der Waals surface area contributed by atoms with Crippen LogP contribution in [0.4, 0.5) is 0 Å². The molecule has 1 aromatic rings. The van der Waals surface area contributed by atoms with Crippen LogP contribution in [0.2, 0.25) is 0 Å². The number of amides is 1. The number of aromatic nitrogens is 2. The van der Waals surface area contributed by atoms with Crippen molar-refractivity contribution in [2.75, 3.05) is 32.1 Å². The molecule has 0 spiro atoms. The summed E-state index contributed by atoms with van der Waals surface area (Å²) >= 11 is 0. The summed E-state index contributed by atoms with van der Waals surface area (Å²) in [7, 11) is -3.60. The highest BCUT2D eigenvalue weighted by atomic mass is 32.2. The minimum Gasteiger partial charge on any atom is -0.378 e. The van der Waals surface area contributed by atoms with Crippen LogP contribution in [-0.4, -0.2) is 61.4 Å². The molecule has 8 nitrogen and oxygen atoms in total. The Morgan fingerprint density at radius 1 is 1.29 bits per heavy atom. The van der Waals surface area contributed by atoms with Crippen molar-refractivity contribution >= 4 is 15.7 Å². The van der Waals surface area contributed by atoms with Crippen molar-refractivity contribution in [3.63, 3.8) is 0 Å². The minimum absolute atomic E-state index is 0.0617. The summed E-state index contributed by atoms with van der Waals surface area (Å²) in [4.78, 5) is 17.5. The van der Waals surface area contributed by atoms with Gasteiger partial charge >= 0.3 is 0 Å². The van der Waals surface area contributed by atoms with Gasteiger partial charge in [0.2, 0.25) is 11.8 Å². The van der Waals surface area contributed by atoms with E-state index in [0.717, 1.165) is 12.8 Å². The number of rotatable bonds is 5. The number of hydrogen-bond donors (Lipinski definition) is 0. The molecule has 1 saturated heterocycles. The van der Waals surface area contributed by atoms with Crippen molar-refractivity contribution in [3.8, 4) is 0 Å². The molecule has 1 aromatic heterocycles. The molecule has 2 heterocycles. The van der Waals surface area contributed by atoms with Crippen molar-refractivity contribution < 1.29 is 22.5 Å². The summed E-state index contributed by atoms with van der Waals surface area (Å²) in [5.41, 5.74) is 0. The first-order valence-corrected chi connectivity index (χ1v) is 8.74. The largest absolute Gasteiger partial charge is 0.378 e. The summed E-state index contributed by atoms with van der Waals surface area (Å²) < 4.78 is 34.2. The van der Waals surface area contributed by atoms with Gasteiger partial charge in [-0.1, -0.05) is 5.16 Å². The van der Waals surface area contributed by atoms with Crippen LogP contribution < -0.4 is 0 Å². The van der Waals surface area contributed by atoms with E-state index in [1.807, 2.05) is 0 Å². The van der Waals surface area contributed by atoms with Gasteiger partial charge < -0.3 is 14.2 Å². The van der Waals surface area contributed by atoms with Crippen LogP contribution in [0.15, 0.2) is 4.52 Å². The number of hydrogen-bond acceptors (Lipinski definition) is 7. The zero-order valence-electron chi connectivity index (χ0n) is 11.5. The monoisotopic (exact) mass is 315 g/mol. The Morgan fingerprint density at radius 2 is 2.00 bits per heavy atom. The Hall–Kier alpha value is -1.48. The fraction of sp³-hybridized carbons (Fsp3) is 0.750. The average Bonchev–Trinajstić information content (AvgIpc) is 3.20. The predicted molar refractivity (Wildman–Crippen MR) is 71.2 cm³/mol. The van der Waals surface area contributed by atoms with E-state index < -0.39 is 21.5 Å². The molecule has 0 unspecified atom stereocenters. The lowest BCUT2D eigenvalue weighted by Crippen LogP contribution is -2.43. The number of nitrogens with zero attached hydrogens (tertiary/aromatic N) is 3. The SMILES string of the molecule is O=C(CS(=O)(=O)Cc1nc(C2CC2)no1)N1CCOCC1. The molecule has 0 atom stereocenters. The standard InChI is InChI=1S/C12H17N3O5S/c16-11(15-3-5-19-6-4-15)8-21(17,18)7-10-13-12(14-20-10)9-1-2-9/h9H,1-8H2. The van der Waals surface area contributed by atoms with Crippen molar-refractivity contribution in [2.45, 2.75) is 24.5 Å². The van der Waals surface area contributed by atoms with Gasteiger partial charge in [0.05, 0.1) is 13.2 Å². The third kappa shape index (κ3) is 3.79. The van der Waals surface area contributed by atoms with Crippen molar-refractivity contribution in [3.05, 3.63) is 11.7 Å². The quantitative estimate of drug-likeness (QED) is 0.736. The van der Waals surface area contributed by atoms with Crippen LogP contribution in [0.5, 0.6) is 0 Å². The van der Waals surface area contributed by atoms with Gasteiger partial charge in [-0.3, -0.25) is 4.79 Å². The highest BCUT2D eigenvalue weighted by Crippen LogP contribution is 2.38. The molecule has 1 aliphatic carbocycles. The van der Waals surface area contributed by atoms with E-state index in [9.17, 15) is 13.2 Å². The maximum atomic E-state index is 12.0. The molecule has 21 heavy (non-hydrogen) atoms. The Bertz CT molecular complexity index is 617. The number of ether oxygens (including phenoxy) is 1. The average molecular weight is 315 g/mol. The lowest BCUT2D eigenvalue weighted by molar-refractivity contribution is -0.132. The zero-order valence-corrected chi connectivity index (χ0v) is 12.3. The molecule has 0 bridgehead atoms. The smallest absolute Gasteiger partial charge is 0.241 e. The van der Waals surface area contributed by atoms with Gasteiger partial charge in [-0.05, 0) is 12.8 Å². The third-order valence-corrected chi connectivity index (χ3v) is 4.85. The Morgan fingerprint density at radius 3 is 2.67 bits per heavy atom. The number of morpholine rings is 1. The van der Waals surface area contributed by atoms with E-state index in [4.69, 9.17) is 9.26 Å². The summed E-state index contributed by atoms with van der Waals surface area (Å²) in [6.45, 7) is 1.75. The maximum Gasteiger partial charge on any atom is 0.241 e. The third-order valence-electron chi connectivity index (χ3n) is 3.48. The Kier molecular flexibility index (Phi) is 3.94. The molecule has 9 heteroatoms. The van der Waals surface area contributed by atoms with Crippen LogP contribution in [0.25, 0.3) is 0 Å². The Labute approximate surface area is 122 Å². The number of sulfone groups is 1. The lowest BCUT2D eigenvalue weighted by Gasteiger charge is -2.26. The van der Waals surface area contributed by atoms with E-state index in [0.29, 0.717) is 38.0 Å². The highest BCUT2D eigenvalue weighted by molar-refractivity contribution is 7.91. The molecule has 116 valence electrons. The lowest BCUT2D eigenvalue weighted by atomic mass is 10.4. The second kappa shape index (κ2) is 5.72. The summed E-state index contributed by atoms with van der Waals surface area (Å²) in [6.07, 6.45) is 2.03. The van der Waals surface area contributed by atoms with Crippen molar-refractivity contribution in [2.24, 2.45) is 0 Å². The first-order chi connectivity index (χ1) is 10.0. The second-order valence-electron chi connectivity index (χ2n) is 5.35. The molecule has 1 aliphatic heterocycles. The van der Waals surface area contributed by atoms with E-state index in [1.165, 1.54) is 4.90 Å². The van der Waals surface area contributed by atoms with E-state index in [2.05, 4.69) is 10.1 Å². The van der Waals surface area contributed by atoms with Crippen LogP contribution in [0, 0.1) is 0 Å². The van der Waals surface area contributed by atoms with E-state index in [-0.39, 0.29) is 11.6 Å². The molecule has 2 aliphatic rings. The van der Waals surface area contributed by atoms with E-state index in [1.54, 1.807) is 0 Å². The van der Waals surface area contributed by atoms with Gasteiger partial charge in [-0.25, -0.2) is 8.42 Å². The Balaban J connectivity index is 1.58. The minimum atomic E-state index is -3.60. The maximum absolute atomic E-state index is 12.0. The van der Waals surface area contributed by atoms with Crippen molar-refractivity contribution in [1.29, 1.82) is 0 Å². The van der Waals surface area contributed by atoms with Gasteiger partial charge in [-0.15, -0.1) is 0 Å². The topological polar surface area (TPSA) is 103 Å². The predicted octanol–water partition coefficient (Wildman–Crippen LogP) is -0.279. The molecule has 0 N–H and O–H groups in total. The molecule has 1 saturated carbocycles. The van der Waals surface area contributed by atoms with Crippen LogP contribution >= 0.6 is 0 Å². The van der Waals surface area contributed by atoms with Crippen LogP contribution in [-0.2, 0) is 25.1 Å². The second-order valence-corrected chi connectivity index (χ2v) is 7.41. The number of carbonyl (C=O) groups is 1. The fourth-order valence-corrected chi connectivity index (χ4v) is 3.32. The summed E-state index contributed by atoms with van der Waals surface area (Å²) in [5, 5.41) is 3.77. The molecule has 0 aromatic carbocycles. The number of carbonyl (C=O) groups excluding carboxylic acids is 1. The van der Waals surface area contributed by atoms with Crippen molar-refractivity contribution in [1.82, 2.24) is 15.0 Å². The van der Waals surface area contributed by atoms with Gasteiger partial charge in [-0.2, -0.15) is 4.98 Å². The first kappa shape index (κ1) is 14.5. The van der Waals surface area contributed by atoms with Gasteiger partial charge in [0, 0.05) is 19.0 Å². The van der Waals surface area contributed by atoms with E-state index >= 15 is 0 Å². The van der Waals surface area contributed by atoms with Crippen LogP contribution in [0.1, 0.15) is 30.5 Å². The fourth-order valence-electron chi connectivity index (χ4n) is 2.17. The normalized spacial score (nSPS) is 19.7. The zero-order chi connectivity index (χ0) is 14.9. The molecule has 3 rings (SSSR count). The summed E-state index contributed by atoms with van der Waals surface area (Å²) in [5.74, 6) is -0.386. The molecular weight excluding hydrogens is 298 g/mol. The van der Waals surface area contributed by atoms with Gasteiger partial charge in [0.1, 0.15) is 11.5 Å². The molecule has 0 radical (unpaired) electrons. The van der Waals surface area contributed by atoms with Gasteiger partial charge in [0.15, 0.2) is 15.7 Å². The highest BCUT2D eigenvalue weighted by Gasteiger charge is 2.30. The van der Waals surface area contributed by atoms with Crippen LogP contribution in [0.3, 0.4) is 0 Å². The van der Waals surface area contributed by atoms with Gasteiger partial charge in [0.25, 0.3) is 0 Å². The molecular formula is C12H17N3O5S. The summed E-state index contributed by atoms with van der Waals surface area (Å²) in [6, 6.07) is 0. The molecule has 2 fully saturated rings. The first-order valence-electron chi connectivity index (χ1n) is 6.92.